The maximum Gasteiger partial charge on any atom is 0.336 e. The first-order valence-electron chi connectivity index (χ1n) is 5.28. The number of halogens is 2. The number of aryl methyl sites for hydroxylation is 1. The molecule has 0 bridgehead atoms. The van der Waals surface area contributed by atoms with Gasteiger partial charge in [0.15, 0.2) is 0 Å². The molecule has 0 aromatic heterocycles. The second-order valence-electron chi connectivity index (χ2n) is 3.98. The predicted molar refractivity (Wildman–Crippen MR) is 71.2 cm³/mol. The van der Waals surface area contributed by atoms with Crippen molar-refractivity contribution in [2.75, 3.05) is 0 Å². The molecule has 4 heteroatoms. The van der Waals surface area contributed by atoms with Gasteiger partial charge in [0, 0.05) is 10.0 Å². The van der Waals surface area contributed by atoms with Gasteiger partial charge >= 0.3 is 5.97 Å². The standard InChI is InChI=1S/C14H10BrFO2/c1-8-2-5-13(16)11(6-8)10-4-3-9(15)7-12(10)14(17)18/h2-7H,1H3,(H,17,18). The molecule has 92 valence electrons. The number of rotatable bonds is 2. The molecule has 0 unspecified atom stereocenters. The van der Waals surface area contributed by atoms with Crippen LogP contribution >= 0.6 is 15.9 Å². The van der Waals surface area contributed by atoms with Crippen LogP contribution in [-0.4, -0.2) is 11.1 Å². The topological polar surface area (TPSA) is 37.3 Å². The van der Waals surface area contributed by atoms with Gasteiger partial charge in [-0.15, -0.1) is 0 Å². The van der Waals surface area contributed by atoms with Crippen LogP contribution in [0.2, 0.25) is 0 Å². The smallest absolute Gasteiger partial charge is 0.336 e. The molecule has 0 aliphatic heterocycles. The minimum Gasteiger partial charge on any atom is -0.478 e. The zero-order valence-corrected chi connectivity index (χ0v) is 11.2. The molecule has 1 N–H and O–H groups in total. The normalized spacial score (nSPS) is 10.4. The average molecular weight is 309 g/mol. The lowest BCUT2D eigenvalue weighted by Gasteiger charge is -2.09. The third kappa shape index (κ3) is 2.43. The van der Waals surface area contributed by atoms with Crippen LogP contribution in [0.3, 0.4) is 0 Å². The van der Waals surface area contributed by atoms with Crippen molar-refractivity contribution in [3.8, 4) is 11.1 Å². The van der Waals surface area contributed by atoms with Gasteiger partial charge in [-0.25, -0.2) is 9.18 Å². The van der Waals surface area contributed by atoms with Gasteiger partial charge in [-0.05, 0) is 36.8 Å². The molecular formula is C14H10BrFO2. The first-order chi connectivity index (χ1) is 8.49. The van der Waals surface area contributed by atoms with Crippen LogP contribution in [0.5, 0.6) is 0 Å². The van der Waals surface area contributed by atoms with Crippen molar-refractivity contribution < 1.29 is 14.3 Å². The average Bonchev–Trinajstić information content (AvgIpc) is 2.32. The van der Waals surface area contributed by atoms with E-state index in [-0.39, 0.29) is 5.56 Å². The lowest BCUT2D eigenvalue weighted by Crippen LogP contribution is -2.00. The first-order valence-corrected chi connectivity index (χ1v) is 6.07. The lowest BCUT2D eigenvalue weighted by atomic mass is 9.98. The molecule has 2 rings (SSSR count). The van der Waals surface area contributed by atoms with Gasteiger partial charge in [-0.3, -0.25) is 0 Å². The zero-order chi connectivity index (χ0) is 13.3. The maximum absolute atomic E-state index is 13.8. The highest BCUT2D eigenvalue weighted by atomic mass is 79.9. The third-order valence-corrected chi connectivity index (χ3v) is 3.12. The molecule has 0 amide bonds. The largest absolute Gasteiger partial charge is 0.478 e. The highest BCUT2D eigenvalue weighted by Gasteiger charge is 2.15. The van der Waals surface area contributed by atoms with Crippen LogP contribution in [0.25, 0.3) is 11.1 Å². The minimum absolute atomic E-state index is 0.0777. The summed E-state index contributed by atoms with van der Waals surface area (Å²) in [6.45, 7) is 1.84. The van der Waals surface area contributed by atoms with E-state index in [1.165, 1.54) is 12.1 Å². The Morgan fingerprint density at radius 3 is 2.56 bits per heavy atom. The van der Waals surface area contributed by atoms with Gasteiger partial charge in [0.25, 0.3) is 0 Å². The van der Waals surface area contributed by atoms with Gasteiger partial charge in [-0.2, -0.15) is 0 Å². The molecule has 0 spiro atoms. The second kappa shape index (κ2) is 4.90. The van der Waals surface area contributed by atoms with E-state index in [4.69, 9.17) is 5.11 Å². The van der Waals surface area contributed by atoms with Crippen molar-refractivity contribution in [2.24, 2.45) is 0 Å². The van der Waals surface area contributed by atoms with Gasteiger partial charge in [0.2, 0.25) is 0 Å². The van der Waals surface area contributed by atoms with E-state index < -0.39 is 11.8 Å². The van der Waals surface area contributed by atoms with E-state index in [1.807, 2.05) is 6.92 Å². The SMILES string of the molecule is Cc1ccc(F)c(-c2ccc(Br)cc2C(=O)O)c1. The zero-order valence-electron chi connectivity index (χ0n) is 9.58. The minimum atomic E-state index is -1.08. The maximum atomic E-state index is 13.8. The van der Waals surface area contributed by atoms with Crippen molar-refractivity contribution in [3.63, 3.8) is 0 Å². The summed E-state index contributed by atoms with van der Waals surface area (Å²) in [5, 5.41) is 9.17. The summed E-state index contributed by atoms with van der Waals surface area (Å²) in [6.07, 6.45) is 0. The molecular weight excluding hydrogens is 299 g/mol. The molecule has 2 aromatic rings. The van der Waals surface area contributed by atoms with E-state index >= 15 is 0 Å². The highest BCUT2D eigenvalue weighted by molar-refractivity contribution is 9.10. The van der Waals surface area contributed by atoms with E-state index in [9.17, 15) is 9.18 Å². The number of aromatic carboxylic acids is 1. The second-order valence-corrected chi connectivity index (χ2v) is 4.89. The van der Waals surface area contributed by atoms with E-state index in [0.29, 0.717) is 15.6 Å². The molecule has 0 aliphatic rings. The summed E-state index contributed by atoms with van der Waals surface area (Å²) in [6, 6.07) is 9.41. The van der Waals surface area contributed by atoms with Gasteiger partial charge in [0.1, 0.15) is 5.82 Å². The molecule has 2 nitrogen and oxygen atoms in total. The Morgan fingerprint density at radius 1 is 1.17 bits per heavy atom. The van der Waals surface area contributed by atoms with E-state index in [2.05, 4.69) is 15.9 Å². The molecule has 0 saturated carbocycles. The Hall–Kier alpha value is -1.68. The fourth-order valence-electron chi connectivity index (χ4n) is 1.77. The lowest BCUT2D eigenvalue weighted by molar-refractivity contribution is 0.0697. The molecule has 0 heterocycles. The molecule has 0 atom stereocenters. The van der Waals surface area contributed by atoms with Crippen LogP contribution in [-0.2, 0) is 0 Å². The Balaban J connectivity index is 2.70. The summed E-state index contributed by atoms with van der Waals surface area (Å²) < 4.78 is 14.4. The number of hydrogen-bond donors (Lipinski definition) is 1. The summed E-state index contributed by atoms with van der Waals surface area (Å²) in [5.74, 6) is -1.50. The number of carbonyl (C=O) groups is 1. The third-order valence-electron chi connectivity index (χ3n) is 2.62. The number of carboxylic acids is 1. The monoisotopic (exact) mass is 308 g/mol. The van der Waals surface area contributed by atoms with Crippen molar-refractivity contribution in [1.29, 1.82) is 0 Å². The molecule has 18 heavy (non-hydrogen) atoms. The molecule has 0 radical (unpaired) electrons. The van der Waals surface area contributed by atoms with Crippen molar-refractivity contribution in [3.05, 3.63) is 57.8 Å². The molecule has 0 saturated heterocycles. The van der Waals surface area contributed by atoms with Crippen LogP contribution in [0.4, 0.5) is 4.39 Å². The molecule has 0 aliphatic carbocycles. The number of hydrogen-bond acceptors (Lipinski definition) is 1. The van der Waals surface area contributed by atoms with E-state index in [0.717, 1.165) is 5.56 Å². The van der Waals surface area contributed by atoms with Crippen LogP contribution < -0.4 is 0 Å². The van der Waals surface area contributed by atoms with Crippen molar-refractivity contribution in [1.82, 2.24) is 0 Å². The summed E-state index contributed by atoms with van der Waals surface area (Å²) in [4.78, 5) is 11.2. The molecule has 0 fully saturated rings. The van der Waals surface area contributed by atoms with Crippen molar-refractivity contribution >= 4 is 21.9 Å². The Kier molecular flexibility index (Phi) is 3.48. The van der Waals surface area contributed by atoms with Crippen molar-refractivity contribution in [2.45, 2.75) is 6.92 Å². The summed E-state index contributed by atoms with van der Waals surface area (Å²) >= 11 is 3.21. The Morgan fingerprint density at radius 2 is 1.89 bits per heavy atom. The van der Waals surface area contributed by atoms with Gasteiger partial charge in [0.05, 0.1) is 5.56 Å². The quantitative estimate of drug-likeness (QED) is 0.900. The number of carboxylic acid groups (broad SMARTS) is 1. The fourth-order valence-corrected chi connectivity index (χ4v) is 2.13. The van der Waals surface area contributed by atoms with Crippen LogP contribution in [0.1, 0.15) is 15.9 Å². The van der Waals surface area contributed by atoms with E-state index in [1.54, 1.807) is 24.3 Å². The highest BCUT2D eigenvalue weighted by Crippen LogP contribution is 2.29. The fraction of sp³-hybridized carbons (Fsp3) is 0.0714. The van der Waals surface area contributed by atoms with Crippen LogP contribution in [0, 0.1) is 12.7 Å². The first kappa shape index (κ1) is 12.8. The number of benzene rings is 2. The molecule has 2 aromatic carbocycles. The predicted octanol–water partition coefficient (Wildman–Crippen LogP) is 4.26. The summed E-state index contributed by atoms with van der Waals surface area (Å²) in [5.41, 5.74) is 1.64. The summed E-state index contributed by atoms with van der Waals surface area (Å²) in [7, 11) is 0. The van der Waals surface area contributed by atoms with Gasteiger partial charge < -0.3 is 5.11 Å². The van der Waals surface area contributed by atoms with Gasteiger partial charge in [-0.1, -0.05) is 33.6 Å². The Bertz CT molecular complexity index is 623. The Labute approximate surface area is 112 Å². The van der Waals surface area contributed by atoms with Crippen LogP contribution in [0.15, 0.2) is 40.9 Å².